The van der Waals surface area contributed by atoms with Crippen molar-refractivity contribution >= 4 is 17.5 Å². The van der Waals surface area contributed by atoms with E-state index in [0.29, 0.717) is 35.9 Å². The first kappa shape index (κ1) is 18.3. The number of rotatable bonds is 6. The van der Waals surface area contributed by atoms with Crippen molar-refractivity contribution in [1.82, 2.24) is 9.88 Å². The summed E-state index contributed by atoms with van der Waals surface area (Å²) in [6.45, 7) is 1.13. The number of ether oxygens (including phenoxy) is 1. The standard InChI is InChI=1S/C23H25N3O3/c1-29-13-20(14-8-9-14)26-12-15-4-2-7-19(21(15)23(26)28)25-22(27)17-10-11-24-18-6-3-5-16(17)18/h2,4,7,10-11,14,20H,3,5-6,8-9,12-13H2,1H3,(H,25,27). The Balaban J connectivity index is 1.42. The number of aryl methyl sites for hydroxylation is 1. The quantitative estimate of drug-likeness (QED) is 0.821. The van der Waals surface area contributed by atoms with Crippen molar-refractivity contribution in [2.75, 3.05) is 19.0 Å². The molecular weight excluding hydrogens is 366 g/mol. The number of carbonyl (C=O) groups is 2. The average Bonchev–Trinajstić information content (AvgIpc) is 3.35. The number of benzene rings is 1. The highest BCUT2D eigenvalue weighted by Gasteiger charge is 2.42. The van der Waals surface area contributed by atoms with Gasteiger partial charge in [0, 0.05) is 31.1 Å². The summed E-state index contributed by atoms with van der Waals surface area (Å²) in [5.74, 6) is 0.344. The van der Waals surface area contributed by atoms with Gasteiger partial charge < -0.3 is 15.0 Å². The SMILES string of the molecule is COCC(C1CC1)N1Cc2cccc(NC(=O)c3ccnc4c3CCC4)c2C1=O. The first-order valence-electron chi connectivity index (χ1n) is 10.4. The highest BCUT2D eigenvalue weighted by Crippen LogP contribution is 2.40. The van der Waals surface area contributed by atoms with Gasteiger partial charge in [0.2, 0.25) is 0 Å². The maximum absolute atomic E-state index is 13.3. The summed E-state index contributed by atoms with van der Waals surface area (Å²) in [5, 5.41) is 3.01. The van der Waals surface area contributed by atoms with Crippen LogP contribution in [0.25, 0.3) is 0 Å². The second-order valence-electron chi connectivity index (χ2n) is 8.22. The Labute approximate surface area is 170 Å². The summed E-state index contributed by atoms with van der Waals surface area (Å²) in [6.07, 6.45) is 6.82. The largest absolute Gasteiger partial charge is 0.383 e. The van der Waals surface area contributed by atoms with Gasteiger partial charge in [-0.2, -0.15) is 0 Å². The summed E-state index contributed by atoms with van der Waals surface area (Å²) in [5.41, 5.74) is 4.91. The number of aromatic nitrogens is 1. The molecule has 0 saturated heterocycles. The smallest absolute Gasteiger partial charge is 0.256 e. The lowest BCUT2D eigenvalue weighted by Crippen LogP contribution is -2.40. The molecule has 29 heavy (non-hydrogen) atoms. The third kappa shape index (κ3) is 3.21. The van der Waals surface area contributed by atoms with E-state index >= 15 is 0 Å². The number of amides is 2. The van der Waals surface area contributed by atoms with Gasteiger partial charge in [-0.25, -0.2) is 0 Å². The summed E-state index contributed by atoms with van der Waals surface area (Å²) in [6, 6.07) is 7.58. The summed E-state index contributed by atoms with van der Waals surface area (Å²) in [4.78, 5) is 32.6. The Kier molecular flexibility index (Phi) is 4.59. The van der Waals surface area contributed by atoms with Crippen LogP contribution in [0.3, 0.4) is 0 Å². The van der Waals surface area contributed by atoms with Crippen molar-refractivity contribution in [3.8, 4) is 0 Å². The molecule has 3 aliphatic rings. The molecule has 2 aliphatic carbocycles. The number of anilines is 1. The molecule has 6 nitrogen and oxygen atoms in total. The van der Waals surface area contributed by atoms with Crippen molar-refractivity contribution in [2.24, 2.45) is 5.92 Å². The van der Waals surface area contributed by atoms with Crippen LogP contribution >= 0.6 is 0 Å². The minimum absolute atomic E-state index is 0.00944. The first-order valence-corrected chi connectivity index (χ1v) is 10.4. The van der Waals surface area contributed by atoms with E-state index < -0.39 is 0 Å². The predicted molar refractivity (Wildman–Crippen MR) is 109 cm³/mol. The lowest BCUT2D eigenvalue weighted by molar-refractivity contribution is 0.0507. The first-order chi connectivity index (χ1) is 14.2. The van der Waals surface area contributed by atoms with E-state index in [1.807, 2.05) is 23.1 Å². The minimum Gasteiger partial charge on any atom is -0.383 e. The van der Waals surface area contributed by atoms with Crippen LogP contribution in [-0.4, -0.2) is 41.5 Å². The molecule has 150 valence electrons. The van der Waals surface area contributed by atoms with Crippen molar-refractivity contribution in [2.45, 2.75) is 44.7 Å². The highest BCUT2D eigenvalue weighted by atomic mass is 16.5. The van der Waals surface area contributed by atoms with Crippen LogP contribution in [0.2, 0.25) is 0 Å². The molecule has 1 aromatic carbocycles. The Bertz CT molecular complexity index is 983. The van der Waals surface area contributed by atoms with Crippen molar-refractivity contribution < 1.29 is 14.3 Å². The van der Waals surface area contributed by atoms with Gasteiger partial charge in [-0.05, 0) is 61.3 Å². The molecule has 0 radical (unpaired) electrons. The van der Waals surface area contributed by atoms with Crippen LogP contribution in [0.1, 0.15) is 56.8 Å². The number of methoxy groups -OCH3 is 1. The molecule has 5 rings (SSSR count). The Hall–Kier alpha value is -2.73. The molecule has 2 amide bonds. The fourth-order valence-electron chi connectivity index (χ4n) is 4.75. The van der Waals surface area contributed by atoms with Crippen molar-refractivity contribution in [3.05, 3.63) is 58.4 Å². The Morgan fingerprint density at radius 1 is 1.31 bits per heavy atom. The maximum atomic E-state index is 13.3. The molecule has 0 spiro atoms. The van der Waals surface area contributed by atoms with Gasteiger partial charge in [0.15, 0.2) is 0 Å². The molecule has 2 aromatic rings. The topological polar surface area (TPSA) is 71.5 Å². The van der Waals surface area contributed by atoms with E-state index in [9.17, 15) is 9.59 Å². The minimum atomic E-state index is -0.166. The molecule has 0 bridgehead atoms. The number of nitrogens with zero attached hydrogens (tertiary/aromatic N) is 2. The van der Waals surface area contributed by atoms with E-state index in [-0.39, 0.29) is 17.9 Å². The zero-order valence-electron chi connectivity index (χ0n) is 16.6. The number of fused-ring (bicyclic) bond motifs is 2. The van der Waals surface area contributed by atoms with Crippen LogP contribution < -0.4 is 5.32 Å². The third-order valence-corrected chi connectivity index (χ3v) is 6.35. The Morgan fingerprint density at radius 2 is 2.17 bits per heavy atom. The van der Waals surface area contributed by atoms with E-state index in [2.05, 4.69) is 10.3 Å². The lowest BCUT2D eigenvalue weighted by atomic mass is 10.1. The lowest BCUT2D eigenvalue weighted by Gasteiger charge is -2.27. The number of carbonyl (C=O) groups excluding carboxylic acids is 2. The third-order valence-electron chi connectivity index (χ3n) is 6.35. The molecule has 1 aromatic heterocycles. The molecule has 1 aliphatic heterocycles. The molecule has 6 heteroatoms. The number of hydrogen-bond donors (Lipinski definition) is 1. The van der Waals surface area contributed by atoms with Crippen LogP contribution in [0.15, 0.2) is 30.5 Å². The summed E-state index contributed by atoms with van der Waals surface area (Å²) >= 11 is 0. The van der Waals surface area contributed by atoms with Crippen LogP contribution in [0.5, 0.6) is 0 Å². The van der Waals surface area contributed by atoms with Gasteiger partial charge in [0.05, 0.1) is 23.9 Å². The number of pyridine rings is 1. The molecule has 1 atom stereocenters. The monoisotopic (exact) mass is 391 g/mol. The van der Waals surface area contributed by atoms with E-state index in [4.69, 9.17) is 4.74 Å². The second-order valence-corrected chi connectivity index (χ2v) is 8.22. The Morgan fingerprint density at radius 3 is 2.97 bits per heavy atom. The summed E-state index contributed by atoms with van der Waals surface area (Å²) in [7, 11) is 1.68. The maximum Gasteiger partial charge on any atom is 0.256 e. The normalized spacial score (nSPS) is 18.5. The van der Waals surface area contributed by atoms with Gasteiger partial charge in [-0.15, -0.1) is 0 Å². The van der Waals surface area contributed by atoms with Crippen LogP contribution in [0.4, 0.5) is 5.69 Å². The van der Waals surface area contributed by atoms with Gasteiger partial charge in [0.1, 0.15) is 0 Å². The van der Waals surface area contributed by atoms with Gasteiger partial charge in [-0.3, -0.25) is 14.6 Å². The summed E-state index contributed by atoms with van der Waals surface area (Å²) < 4.78 is 5.39. The zero-order chi connectivity index (χ0) is 20.0. The molecule has 1 saturated carbocycles. The zero-order valence-corrected chi connectivity index (χ0v) is 16.6. The second kappa shape index (κ2) is 7.26. The van der Waals surface area contributed by atoms with E-state index in [1.165, 1.54) is 0 Å². The van der Waals surface area contributed by atoms with E-state index in [0.717, 1.165) is 48.9 Å². The number of nitrogens with one attached hydrogen (secondary N) is 1. The molecular formula is C23H25N3O3. The number of hydrogen-bond acceptors (Lipinski definition) is 4. The van der Waals surface area contributed by atoms with Gasteiger partial charge in [-0.1, -0.05) is 12.1 Å². The van der Waals surface area contributed by atoms with Crippen LogP contribution in [0, 0.1) is 5.92 Å². The fourth-order valence-corrected chi connectivity index (χ4v) is 4.75. The molecule has 1 fully saturated rings. The molecule has 2 heterocycles. The molecule has 1 unspecified atom stereocenters. The van der Waals surface area contributed by atoms with Crippen molar-refractivity contribution in [1.29, 1.82) is 0 Å². The fraction of sp³-hybridized carbons (Fsp3) is 0.435. The average molecular weight is 391 g/mol. The van der Waals surface area contributed by atoms with Gasteiger partial charge in [0.25, 0.3) is 11.8 Å². The van der Waals surface area contributed by atoms with Crippen LogP contribution in [-0.2, 0) is 24.1 Å². The predicted octanol–water partition coefficient (Wildman–Crippen LogP) is 3.20. The van der Waals surface area contributed by atoms with Crippen molar-refractivity contribution in [3.63, 3.8) is 0 Å². The molecule has 1 N–H and O–H groups in total. The van der Waals surface area contributed by atoms with E-state index in [1.54, 1.807) is 19.4 Å². The van der Waals surface area contributed by atoms with Gasteiger partial charge >= 0.3 is 0 Å². The highest BCUT2D eigenvalue weighted by molar-refractivity contribution is 6.11.